The molecule has 2 aromatic carbocycles. The maximum Gasteiger partial charge on any atom is 0.351 e. The molecule has 1 amide bonds. The monoisotopic (exact) mass is 474 g/mol. The van der Waals surface area contributed by atoms with Crippen molar-refractivity contribution >= 4 is 45.3 Å². The van der Waals surface area contributed by atoms with E-state index >= 15 is 0 Å². The Morgan fingerprint density at radius 3 is 2.48 bits per heavy atom. The first-order chi connectivity index (χ1) is 13.9. The third-order valence-corrected chi connectivity index (χ3v) is 5.97. The van der Waals surface area contributed by atoms with Gasteiger partial charge >= 0.3 is 5.97 Å². The van der Waals surface area contributed by atoms with Crippen molar-refractivity contribution in [1.82, 2.24) is 0 Å². The minimum atomic E-state index is -0.790. The smallest absolute Gasteiger partial charge is 0.351 e. The molecule has 3 rings (SSSR count). The molecular weight excluding hydrogens is 459 g/mol. The molecule has 0 aliphatic carbocycles. The van der Waals surface area contributed by atoms with Crippen LogP contribution in [0.4, 0.5) is 10.1 Å². The molecule has 0 saturated carbocycles. The van der Waals surface area contributed by atoms with Gasteiger partial charge in [-0.15, -0.1) is 0 Å². The van der Waals surface area contributed by atoms with E-state index in [0.717, 1.165) is 21.8 Å². The van der Waals surface area contributed by atoms with Gasteiger partial charge in [-0.25, -0.2) is 9.18 Å². The summed E-state index contributed by atoms with van der Waals surface area (Å²) >= 11 is 4.52. The number of carbonyl (C=O) groups is 2. The van der Waals surface area contributed by atoms with Crippen molar-refractivity contribution < 1.29 is 18.7 Å². The average Bonchev–Trinajstić information content (AvgIpc) is 3.01. The number of amides is 1. The number of benzene rings is 2. The van der Waals surface area contributed by atoms with Gasteiger partial charge in [0, 0.05) is 10.2 Å². The number of esters is 1. The largest absolute Gasteiger partial charge is 0.462 e. The summed E-state index contributed by atoms with van der Waals surface area (Å²) in [6, 6.07) is 14.8. The SMILES string of the molecule is CCOC(=O)/C(C#N)=C1\SC(Cc2ccc(Br)cc2)C(=O)N1c1ccc(F)cc1. The lowest BCUT2D eigenvalue weighted by atomic mass is 10.1. The van der Waals surface area contributed by atoms with Crippen LogP contribution >= 0.6 is 27.7 Å². The first-order valence-electron chi connectivity index (χ1n) is 8.76. The highest BCUT2D eigenvalue weighted by molar-refractivity contribution is 9.10. The van der Waals surface area contributed by atoms with Crippen LogP contribution in [0, 0.1) is 17.1 Å². The van der Waals surface area contributed by atoms with Crippen LogP contribution in [-0.2, 0) is 20.7 Å². The van der Waals surface area contributed by atoms with Gasteiger partial charge in [-0.05, 0) is 55.3 Å². The number of ether oxygens (including phenoxy) is 1. The highest BCUT2D eigenvalue weighted by Gasteiger charge is 2.41. The summed E-state index contributed by atoms with van der Waals surface area (Å²) < 4.78 is 19.3. The Bertz CT molecular complexity index is 1000. The molecule has 1 aliphatic rings. The molecule has 0 radical (unpaired) electrons. The minimum absolute atomic E-state index is 0.106. The zero-order valence-electron chi connectivity index (χ0n) is 15.4. The van der Waals surface area contributed by atoms with Gasteiger partial charge in [-0.3, -0.25) is 9.69 Å². The number of rotatable bonds is 5. The molecule has 1 fully saturated rings. The van der Waals surface area contributed by atoms with Crippen LogP contribution in [0.5, 0.6) is 0 Å². The number of halogens is 2. The van der Waals surface area contributed by atoms with E-state index < -0.39 is 17.0 Å². The number of hydrogen-bond acceptors (Lipinski definition) is 5. The van der Waals surface area contributed by atoms with E-state index in [0.29, 0.717) is 12.1 Å². The summed E-state index contributed by atoms with van der Waals surface area (Å²) in [6.07, 6.45) is 0.416. The lowest BCUT2D eigenvalue weighted by Gasteiger charge is -2.18. The molecule has 29 heavy (non-hydrogen) atoms. The number of nitrogens with zero attached hydrogens (tertiary/aromatic N) is 2. The zero-order valence-corrected chi connectivity index (χ0v) is 17.8. The molecule has 0 aromatic heterocycles. The molecule has 5 nitrogen and oxygen atoms in total. The van der Waals surface area contributed by atoms with Crippen molar-refractivity contribution in [2.24, 2.45) is 0 Å². The van der Waals surface area contributed by atoms with Gasteiger partial charge in [0.2, 0.25) is 5.91 Å². The van der Waals surface area contributed by atoms with Crippen LogP contribution in [0.3, 0.4) is 0 Å². The van der Waals surface area contributed by atoms with Crippen molar-refractivity contribution in [3.63, 3.8) is 0 Å². The quantitative estimate of drug-likeness (QED) is 0.360. The summed E-state index contributed by atoms with van der Waals surface area (Å²) in [7, 11) is 0. The molecule has 1 heterocycles. The number of nitriles is 1. The van der Waals surface area contributed by atoms with E-state index in [2.05, 4.69) is 15.9 Å². The fourth-order valence-electron chi connectivity index (χ4n) is 2.83. The lowest BCUT2D eigenvalue weighted by Crippen LogP contribution is -2.30. The fourth-order valence-corrected chi connectivity index (χ4v) is 4.40. The lowest BCUT2D eigenvalue weighted by molar-refractivity contribution is -0.138. The Hall–Kier alpha value is -2.63. The van der Waals surface area contributed by atoms with Gasteiger partial charge in [0.15, 0.2) is 5.57 Å². The number of anilines is 1. The van der Waals surface area contributed by atoms with Gasteiger partial charge < -0.3 is 4.74 Å². The Balaban J connectivity index is 2.02. The Morgan fingerprint density at radius 1 is 1.24 bits per heavy atom. The van der Waals surface area contributed by atoms with Gasteiger partial charge in [-0.2, -0.15) is 5.26 Å². The minimum Gasteiger partial charge on any atom is -0.462 e. The molecule has 148 valence electrons. The van der Waals surface area contributed by atoms with Crippen molar-refractivity contribution in [2.45, 2.75) is 18.6 Å². The summed E-state index contributed by atoms with van der Waals surface area (Å²) in [4.78, 5) is 26.8. The zero-order chi connectivity index (χ0) is 21.0. The Labute approximate surface area is 180 Å². The van der Waals surface area contributed by atoms with Crippen LogP contribution in [0.1, 0.15) is 12.5 Å². The van der Waals surface area contributed by atoms with E-state index in [9.17, 15) is 19.2 Å². The molecule has 1 saturated heterocycles. The standard InChI is InChI=1S/C21H16BrFN2O3S/c1-2-28-21(27)17(12-24)20-25(16-9-7-15(23)8-10-16)19(26)18(29-20)11-13-3-5-14(22)6-4-13/h3-10,18H,2,11H2,1H3/b20-17-. The fraction of sp³-hybridized carbons (Fsp3) is 0.190. The Morgan fingerprint density at radius 2 is 1.90 bits per heavy atom. The first-order valence-corrected chi connectivity index (χ1v) is 10.4. The second-order valence-electron chi connectivity index (χ2n) is 6.10. The summed E-state index contributed by atoms with van der Waals surface area (Å²) in [5.74, 6) is -1.52. The van der Waals surface area contributed by atoms with Gasteiger partial charge in [0.1, 0.15) is 16.9 Å². The van der Waals surface area contributed by atoms with Crippen LogP contribution in [0.2, 0.25) is 0 Å². The second kappa shape index (κ2) is 9.25. The number of hydrogen-bond donors (Lipinski definition) is 0. The molecule has 0 spiro atoms. The van der Waals surface area contributed by atoms with Crippen molar-refractivity contribution in [2.75, 3.05) is 11.5 Å². The first kappa shape index (κ1) is 21.1. The molecule has 0 N–H and O–H groups in total. The molecule has 8 heteroatoms. The Kier molecular flexibility index (Phi) is 6.72. The molecular formula is C21H16BrFN2O3S. The van der Waals surface area contributed by atoms with Gasteiger partial charge in [0.05, 0.1) is 11.9 Å². The number of thioether (sulfide) groups is 1. The highest BCUT2D eigenvalue weighted by Crippen LogP contribution is 2.42. The predicted molar refractivity (Wildman–Crippen MR) is 112 cm³/mol. The van der Waals surface area contributed by atoms with Gasteiger partial charge in [-0.1, -0.05) is 39.8 Å². The van der Waals surface area contributed by atoms with Crippen molar-refractivity contribution in [3.8, 4) is 6.07 Å². The average molecular weight is 475 g/mol. The van der Waals surface area contributed by atoms with Crippen molar-refractivity contribution in [3.05, 3.63) is 75.0 Å². The van der Waals surface area contributed by atoms with Gasteiger partial charge in [0.25, 0.3) is 0 Å². The van der Waals surface area contributed by atoms with Crippen LogP contribution in [-0.4, -0.2) is 23.7 Å². The molecule has 1 aliphatic heterocycles. The topological polar surface area (TPSA) is 70.4 Å². The normalized spacial score (nSPS) is 17.8. The van der Waals surface area contributed by atoms with E-state index in [-0.39, 0.29) is 23.1 Å². The highest BCUT2D eigenvalue weighted by atomic mass is 79.9. The van der Waals surface area contributed by atoms with Crippen molar-refractivity contribution in [1.29, 1.82) is 5.26 Å². The number of carbonyl (C=O) groups excluding carboxylic acids is 2. The van der Waals surface area contributed by atoms with E-state index in [1.54, 1.807) is 6.92 Å². The van der Waals surface area contributed by atoms with Crippen LogP contribution in [0.15, 0.2) is 63.6 Å². The predicted octanol–water partition coefficient (Wildman–Crippen LogP) is 4.58. The molecule has 1 unspecified atom stereocenters. The second-order valence-corrected chi connectivity index (χ2v) is 8.21. The van der Waals surface area contributed by atoms with Crippen LogP contribution < -0.4 is 4.90 Å². The summed E-state index contributed by atoms with van der Waals surface area (Å²) in [5.41, 5.74) is 1.08. The third-order valence-electron chi connectivity index (χ3n) is 4.18. The van der Waals surface area contributed by atoms with E-state index in [1.807, 2.05) is 30.3 Å². The molecule has 2 aromatic rings. The molecule has 0 bridgehead atoms. The van der Waals surface area contributed by atoms with E-state index in [4.69, 9.17) is 4.74 Å². The maximum absolute atomic E-state index is 13.4. The third kappa shape index (κ3) is 4.69. The maximum atomic E-state index is 13.4. The van der Waals surface area contributed by atoms with E-state index in [1.165, 1.54) is 29.2 Å². The summed E-state index contributed by atoms with van der Waals surface area (Å²) in [6.45, 7) is 1.74. The summed E-state index contributed by atoms with van der Waals surface area (Å²) in [5, 5.41) is 9.23. The van der Waals surface area contributed by atoms with Crippen LogP contribution in [0.25, 0.3) is 0 Å². The molecule has 1 atom stereocenters.